The molecule has 0 spiro atoms. The molecule has 1 aromatic rings. The van der Waals surface area contributed by atoms with E-state index in [9.17, 15) is 9.18 Å². The Bertz CT molecular complexity index is 347. The number of hydrogen-bond donors (Lipinski definition) is 1. The molecule has 0 aliphatic heterocycles. The molecule has 82 valence electrons. The number of halogens is 1. The highest BCUT2D eigenvalue weighted by Gasteiger charge is 2.03. The van der Waals surface area contributed by atoms with Crippen molar-refractivity contribution in [1.82, 2.24) is 0 Å². The van der Waals surface area contributed by atoms with Crippen LogP contribution in [0.5, 0.6) is 0 Å². The largest absolute Gasteiger partial charge is 0.320 e. The fourth-order valence-corrected chi connectivity index (χ4v) is 0.919. The van der Waals surface area contributed by atoms with Crippen molar-refractivity contribution >= 4 is 11.6 Å². The molecule has 0 radical (unpaired) electrons. The second-order valence-electron chi connectivity index (χ2n) is 2.68. The quantitative estimate of drug-likeness (QED) is 0.744. The van der Waals surface area contributed by atoms with Crippen molar-refractivity contribution in [3.8, 4) is 0 Å². The van der Waals surface area contributed by atoms with Crippen LogP contribution in [0.25, 0.3) is 0 Å². The van der Waals surface area contributed by atoms with Gasteiger partial charge >= 0.3 is 0 Å². The maximum Gasteiger partial charge on any atom is 0.247 e. The molecule has 0 bridgehead atoms. The molecule has 0 aromatic heterocycles. The molecule has 3 heteroatoms. The van der Waals surface area contributed by atoms with Crippen molar-refractivity contribution in [1.29, 1.82) is 0 Å². The van der Waals surface area contributed by atoms with Crippen LogP contribution >= 0.6 is 0 Å². The lowest BCUT2D eigenvalue weighted by molar-refractivity contribution is -0.111. The van der Waals surface area contributed by atoms with E-state index in [1.165, 1.54) is 6.07 Å². The number of nitrogens with one attached hydrogen (secondary N) is 1. The zero-order valence-electron chi connectivity index (χ0n) is 9.30. The summed E-state index contributed by atoms with van der Waals surface area (Å²) < 4.78 is 13.0. The molecule has 0 atom stereocenters. The van der Waals surface area contributed by atoms with E-state index in [1.54, 1.807) is 12.1 Å². The highest BCUT2D eigenvalue weighted by atomic mass is 19.1. The van der Waals surface area contributed by atoms with E-state index in [-0.39, 0.29) is 5.69 Å². The molecule has 2 nitrogen and oxygen atoms in total. The van der Waals surface area contributed by atoms with Crippen molar-refractivity contribution < 1.29 is 9.18 Å². The minimum Gasteiger partial charge on any atom is -0.320 e. The molecule has 0 aliphatic carbocycles. The van der Waals surface area contributed by atoms with E-state index >= 15 is 0 Å². The minimum absolute atomic E-state index is 0.185. The van der Waals surface area contributed by atoms with Gasteiger partial charge in [-0.2, -0.15) is 0 Å². The zero-order chi connectivity index (χ0) is 11.8. The van der Waals surface area contributed by atoms with Crippen LogP contribution in [-0.4, -0.2) is 5.91 Å². The molecule has 0 fully saturated rings. The summed E-state index contributed by atoms with van der Waals surface area (Å²) in [7, 11) is 0. The molecule has 0 aliphatic rings. The van der Waals surface area contributed by atoms with Gasteiger partial charge in [-0.1, -0.05) is 26.5 Å². The Morgan fingerprint density at radius 1 is 1.47 bits per heavy atom. The lowest BCUT2D eigenvalue weighted by Crippen LogP contribution is -2.08. The molecule has 0 heterocycles. The number of aryl methyl sites for hydroxylation is 1. The van der Waals surface area contributed by atoms with E-state index in [0.29, 0.717) is 0 Å². The molecule has 0 unspecified atom stereocenters. The SMILES string of the molecule is C=CC(=O)Nc1cc(C)ccc1F.CC. The van der Waals surface area contributed by atoms with Crippen LogP contribution in [-0.2, 0) is 4.79 Å². The number of anilines is 1. The van der Waals surface area contributed by atoms with Gasteiger partial charge in [0.05, 0.1) is 5.69 Å². The van der Waals surface area contributed by atoms with Gasteiger partial charge in [-0.25, -0.2) is 4.39 Å². The van der Waals surface area contributed by atoms with E-state index in [1.807, 2.05) is 20.8 Å². The smallest absolute Gasteiger partial charge is 0.247 e. The van der Waals surface area contributed by atoms with Crippen LogP contribution in [0, 0.1) is 12.7 Å². The van der Waals surface area contributed by atoms with Crippen LogP contribution in [0.1, 0.15) is 19.4 Å². The van der Waals surface area contributed by atoms with Gasteiger partial charge in [0, 0.05) is 0 Å². The second-order valence-corrected chi connectivity index (χ2v) is 2.68. The summed E-state index contributed by atoms with van der Waals surface area (Å²) in [6.45, 7) is 9.10. The molecule has 0 saturated carbocycles. The van der Waals surface area contributed by atoms with Gasteiger partial charge in [-0.05, 0) is 30.7 Å². The Morgan fingerprint density at radius 3 is 2.60 bits per heavy atom. The average molecular weight is 209 g/mol. The van der Waals surface area contributed by atoms with Crippen molar-refractivity contribution in [3.63, 3.8) is 0 Å². The van der Waals surface area contributed by atoms with Gasteiger partial charge in [0.2, 0.25) is 5.91 Å². The summed E-state index contributed by atoms with van der Waals surface area (Å²) in [5, 5.41) is 2.37. The second kappa shape index (κ2) is 6.76. The van der Waals surface area contributed by atoms with E-state index in [0.717, 1.165) is 11.6 Å². The van der Waals surface area contributed by atoms with Crippen LogP contribution in [0.3, 0.4) is 0 Å². The molecule has 1 N–H and O–H groups in total. The maximum absolute atomic E-state index is 13.0. The summed E-state index contributed by atoms with van der Waals surface area (Å²) in [5.41, 5.74) is 1.07. The Kier molecular flexibility index (Phi) is 6.02. The van der Waals surface area contributed by atoms with Crippen molar-refractivity contribution in [2.75, 3.05) is 5.32 Å². The average Bonchev–Trinajstić information content (AvgIpc) is 2.26. The minimum atomic E-state index is -0.444. The first-order valence-corrected chi connectivity index (χ1v) is 4.83. The first-order chi connectivity index (χ1) is 7.13. The van der Waals surface area contributed by atoms with Gasteiger partial charge in [0.15, 0.2) is 0 Å². The van der Waals surface area contributed by atoms with E-state index in [2.05, 4.69) is 11.9 Å². The zero-order valence-corrected chi connectivity index (χ0v) is 9.30. The molecular weight excluding hydrogens is 193 g/mol. The molecule has 1 amide bonds. The summed E-state index contributed by atoms with van der Waals surface area (Å²) in [6.07, 6.45) is 1.10. The molecule has 15 heavy (non-hydrogen) atoms. The Hall–Kier alpha value is -1.64. The summed E-state index contributed by atoms with van der Waals surface area (Å²) in [4.78, 5) is 10.8. The van der Waals surface area contributed by atoms with Crippen LogP contribution in [0.15, 0.2) is 30.9 Å². The summed E-state index contributed by atoms with van der Waals surface area (Å²) in [5.74, 6) is -0.856. The fourth-order valence-electron chi connectivity index (χ4n) is 0.919. The lowest BCUT2D eigenvalue weighted by atomic mass is 10.2. The van der Waals surface area contributed by atoms with Gasteiger partial charge in [0.1, 0.15) is 5.82 Å². The third-order valence-corrected chi connectivity index (χ3v) is 1.57. The Morgan fingerprint density at radius 2 is 2.07 bits per heavy atom. The molecule has 0 saturated heterocycles. The Balaban J connectivity index is 0.000000921. The first-order valence-electron chi connectivity index (χ1n) is 4.83. The third kappa shape index (κ3) is 4.40. The monoisotopic (exact) mass is 209 g/mol. The van der Waals surface area contributed by atoms with Crippen LogP contribution in [0.4, 0.5) is 10.1 Å². The number of benzene rings is 1. The summed E-state index contributed by atoms with van der Waals surface area (Å²) >= 11 is 0. The molecular formula is C12H16FNO. The number of carbonyl (C=O) groups excluding carboxylic acids is 1. The van der Waals surface area contributed by atoms with E-state index < -0.39 is 11.7 Å². The van der Waals surface area contributed by atoms with Crippen molar-refractivity contribution in [3.05, 3.63) is 42.2 Å². The van der Waals surface area contributed by atoms with E-state index in [4.69, 9.17) is 0 Å². The van der Waals surface area contributed by atoms with Gasteiger partial charge in [0.25, 0.3) is 0 Å². The first kappa shape index (κ1) is 13.4. The number of hydrogen-bond acceptors (Lipinski definition) is 1. The molecule has 1 rings (SSSR count). The van der Waals surface area contributed by atoms with Gasteiger partial charge in [-0.15, -0.1) is 0 Å². The summed E-state index contributed by atoms with van der Waals surface area (Å²) in [6, 6.07) is 4.52. The topological polar surface area (TPSA) is 29.1 Å². The Labute approximate surface area is 89.8 Å². The van der Waals surface area contributed by atoms with Crippen LogP contribution < -0.4 is 5.32 Å². The number of amides is 1. The predicted octanol–water partition coefficient (Wildman–Crippen LogP) is 3.28. The maximum atomic E-state index is 13.0. The van der Waals surface area contributed by atoms with Gasteiger partial charge < -0.3 is 5.32 Å². The molecule has 1 aromatic carbocycles. The fraction of sp³-hybridized carbons (Fsp3) is 0.250. The van der Waals surface area contributed by atoms with Crippen molar-refractivity contribution in [2.24, 2.45) is 0 Å². The highest BCUT2D eigenvalue weighted by molar-refractivity contribution is 5.98. The standard InChI is InChI=1S/C10H10FNO.C2H6/c1-3-10(13)12-9-6-7(2)4-5-8(9)11;1-2/h3-6H,1H2,2H3,(H,12,13);1-2H3. The van der Waals surface area contributed by atoms with Crippen LogP contribution in [0.2, 0.25) is 0 Å². The number of rotatable bonds is 2. The predicted molar refractivity (Wildman–Crippen MR) is 61.3 cm³/mol. The normalized spacial score (nSPS) is 8.53. The third-order valence-electron chi connectivity index (χ3n) is 1.57. The highest BCUT2D eigenvalue weighted by Crippen LogP contribution is 2.15. The van der Waals surface area contributed by atoms with Gasteiger partial charge in [-0.3, -0.25) is 4.79 Å². The van der Waals surface area contributed by atoms with Crippen molar-refractivity contribution in [2.45, 2.75) is 20.8 Å². The lowest BCUT2D eigenvalue weighted by Gasteiger charge is -2.04. The number of carbonyl (C=O) groups is 1.